The molecule has 84 valence electrons. The van der Waals surface area contributed by atoms with E-state index in [1.807, 2.05) is 0 Å². The molecule has 1 aromatic carbocycles. The van der Waals surface area contributed by atoms with Gasteiger partial charge in [0.25, 0.3) is 0 Å². The largest absolute Gasteiger partial charge is 0.509 e. The predicted octanol–water partition coefficient (Wildman–Crippen LogP) is 3.00. The highest BCUT2D eigenvalue weighted by Crippen LogP contribution is 2.25. The van der Waals surface area contributed by atoms with Gasteiger partial charge in [0.1, 0.15) is 5.75 Å². The van der Waals surface area contributed by atoms with Gasteiger partial charge < -0.3 is 17.7 Å². The van der Waals surface area contributed by atoms with Crippen molar-refractivity contribution in [3.05, 3.63) is 23.2 Å². The van der Waals surface area contributed by atoms with Crippen LogP contribution in [0.2, 0.25) is 5.02 Å². The van der Waals surface area contributed by atoms with Gasteiger partial charge in [0.15, 0.2) is 0 Å². The van der Waals surface area contributed by atoms with Crippen molar-refractivity contribution >= 4 is 24.0 Å². The molecule has 0 amide bonds. The molecule has 0 aliphatic heterocycles. The van der Waals surface area contributed by atoms with E-state index in [4.69, 9.17) is 11.6 Å². The van der Waals surface area contributed by atoms with Gasteiger partial charge in [-0.3, -0.25) is 0 Å². The van der Waals surface area contributed by atoms with Gasteiger partial charge >= 0.3 is 13.6 Å². The van der Waals surface area contributed by atoms with Gasteiger partial charge in [0, 0.05) is 0 Å². The number of alkyl halides is 2. The Kier molecular flexibility index (Phi) is 3.44. The minimum atomic E-state index is -5.25. The molecule has 15 heavy (non-hydrogen) atoms. The van der Waals surface area contributed by atoms with Gasteiger partial charge in [-0.25, -0.2) is 0 Å². The van der Waals surface area contributed by atoms with Crippen LogP contribution in [0, 0.1) is 0 Å². The Bertz CT molecular complexity index is 354. The first-order chi connectivity index (χ1) is 6.80. The number of hydrogen-bond donors (Lipinski definition) is 0. The monoisotopic (exact) mass is 245 g/mol. The number of hydrogen-bond acceptors (Lipinski definition) is 1. The maximum atomic E-state index is 12.2. The summed E-state index contributed by atoms with van der Waals surface area (Å²) >= 11 is 5.37. The average Bonchev–Trinajstić information content (AvgIpc) is 2.06. The molecule has 0 saturated carbocycles. The molecule has 0 aliphatic rings. The highest BCUT2D eigenvalue weighted by molar-refractivity contribution is 6.73. The Morgan fingerprint density at radius 3 is 2.27 bits per heavy atom. The second kappa shape index (κ2) is 4.26. The Morgan fingerprint density at radius 2 is 1.80 bits per heavy atom. The van der Waals surface area contributed by atoms with Crippen LogP contribution in [-0.4, -0.2) is 13.6 Å². The second-order valence-electron chi connectivity index (χ2n) is 2.64. The molecule has 1 aromatic rings. The topological polar surface area (TPSA) is 9.23 Å². The van der Waals surface area contributed by atoms with Crippen molar-refractivity contribution in [2.75, 3.05) is 0 Å². The predicted molar refractivity (Wildman–Crippen MR) is 46.8 cm³/mol. The first-order valence-electron chi connectivity index (χ1n) is 3.75. The molecule has 0 spiro atoms. The van der Waals surface area contributed by atoms with Crippen molar-refractivity contribution in [1.29, 1.82) is 0 Å². The van der Waals surface area contributed by atoms with E-state index in [0.29, 0.717) is 12.1 Å². The van der Waals surface area contributed by atoms with E-state index in [9.17, 15) is 21.7 Å². The van der Waals surface area contributed by atoms with E-state index in [-0.39, 0.29) is 5.02 Å². The van der Waals surface area contributed by atoms with E-state index < -0.39 is 24.8 Å². The van der Waals surface area contributed by atoms with Crippen molar-refractivity contribution in [3.63, 3.8) is 0 Å². The molecule has 8 heteroatoms. The van der Waals surface area contributed by atoms with Crippen LogP contribution in [0.3, 0.4) is 0 Å². The molecule has 1 nitrogen and oxygen atoms in total. The summed E-state index contributed by atoms with van der Waals surface area (Å²) in [5.74, 6) is -0.677. The zero-order valence-electron chi connectivity index (χ0n) is 7.06. The lowest BCUT2D eigenvalue weighted by molar-refractivity contribution is -0.0497. The molecular weight excluding hydrogens is 241 g/mol. The SMILES string of the molecule is FC(F)Oc1cc([B-](F)(F)F)ccc1Cl. The summed E-state index contributed by atoms with van der Waals surface area (Å²) < 4.78 is 64.0. The molecule has 0 unspecified atom stereocenters. The van der Waals surface area contributed by atoms with Gasteiger partial charge in [0.2, 0.25) is 0 Å². The number of halogens is 6. The molecule has 0 bridgehead atoms. The van der Waals surface area contributed by atoms with E-state index >= 15 is 0 Å². The third-order valence-electron chi connectivity index (χ3n) is 1.55. The molecule has 1 rings (SSSR count). The van der Waals surface area contributed by atoms with Crippen LogP contribution in [-0.2, 0) is 0 Å². The van der Waals surface area contributed by atoms with Gasteiger partial charge in [0.05, 0.1) is 5.02 Å². The molecule has 0 atom stereocenters. The summed E-state index contributed by atoms with van der Waals surface area (Å²) in [6, 6.07) is 2.03. The highest BCUT2D eigenvalue weighted by atomic mass is 35.5. The summed E-state index contributed by atoms with van der Waals surface area (Å²) in [5.41, 5.74) is -1.03. The first-order valence-corrected chi connectivity index (χ1v) is 4.12. The number of benzene rings is 1. The summed E-state index contributed by atoms with van der Waals surface area (Å²) in [5, 5.41) is -0.292. The van der Waals surface area contributed by atoms with Crippen molar-refractivity contribution in [2.45, 2.75) is 6.61 Å². The highest BCUT2D eigenvalue weighted by Gasteiger charge is 2.26. The second-order valence-corrected chi connectivity index (χ2v) is 3.05. The first kappa shape index (κ1) is 12.1. The average molecular weight is 245 g/mol. The zero-order chi connectivity index (χ0) is 11.6. The molecule has 0 radical (unpaired) electrons. The summed E-state index contributed by atoms with van der Waals surface area (Å²) in [6.45, 7) is -8.46. The summed E-state index contributed by atoms with van der Waals surface area (Å²) in [6.07, 6.45) is 0. The smallest absolute Gasteiger partial charge is 0.445 e. The molecule has 0 aromatic heterocycles. The van der Waals surface area contributed by atoms with Crippen LogP contribution in [0.5, 0.6) is 5.75 Å². The molecule has 0 fully saturated rings. The van der Waals surface area contributed by atoms with Crippen LogP contribution < -0.4 is 10.2 Å². The van der Waals surface area contributed by atoms with Crippen LogP contribution in [0.1, 0.15) is 0 Å². The quantitative estimate of drug-likeness (QED) is 0.587. The van der Waals surface area contributed by atoms with Crippen LogP contribution in [0.25, 0.3) is 0 Å². The van der Waals surface area contributed by atoms with Crippen molar-refractivity contribution in [1.82, 2.24) is 0 Å². The van der Waals surface area contributed by atoms with E-state index in [2.05, 4.69) is 4.74 Å². The van der Waals surface area contributed by atoms with Crippen molar-refractivity contribution < 1.29 is 26.5 Å². The molecule has 0 saturated heterocycles. The number of rotatable bonds is 3. The fourth-order valence-corrected chi connectivity index (χ4v) is 1.07. The van der Waals surface area contributed by atoms with Crippen LogP contribution in [0.4, 0.5) is 21.7 Å². The summed E-state index contributed by atoms with van der Waals surface area (Å²) in [4.78, 5) is 0. The van der Waals surface area contributed by atoms with Crippen LogP contribution >= 0.6 is 11.6 Å². The molecule has 0 aliphatic carbocycles. The minimum Gasteiger partial charge on any atom is -0.445 e. The fraction of sp³-hybridized carbons (Fsp3) is 0.143. The summed E-state index contributed by atoms with van der Waals surface area (Å²) in [7, 11) is 0. The normalized spacial score (nSPS) is 11.9. The lowest BCUT2D eigenvalue weighted by Gasteiger charge is -2.16. The fourth-order valence-electron chi connectivity index (χ4n) is 0.910. The third-order valence-corrected chi connectivity index (χ3v) is 1.86. The molecule has 0 heterocycles. The Balaban J connectivity index is 3.06. The zero-order valence-corrected chi connectivity index (χ0v) is 7.82. The molecule has 0 N–H and O–H groups in total. The van der Waals surface area contributed by atoms with Gasteiger partial charge in [-0.2, -0.15) is 8.78 Å². The van der Waals surface area contributed by atoms with E-state index in [1.54, 1.807) is 0 Å². The Hall–Kier alpha value is -0.975. The maximum absolute atomic E-state index is 12.2. The third kappa shape index (κ3) is 3.26. The van der Waals surface area contributed by atoms with E-state index in [1.165, 1.54) is 0 Å². The van der Waals surface area contributed by atoms with Crippen molar-refractivity contribution in [2.24, 2.45) is 0 Å². The van der Waals surface area contributed by atoms with Gasteiger partial charge in [-0.15, -0.1) is 5.46 Å². The van der Waals surface area contributed by atoms with Crippen molar-refractivity contribution in [3.8, 4) is 5.75 Å². The molecular formula is C7H4BClF5O-. The Morgan fingerprint density at radius 1 is 1.20 bits per heavy atom. The number of ether oxygens (including phenoxy) is 1. The van der Waals surface area contributed by atoms with E-state index in [0.717, 1.165) is 6.07 Å². The lowest BCUT2D eigenvalue weighted by atomic mass is 9.80. The lowest BCUT2D eigenvalue weighted by Crippen LogP contribution is -2.33. The van der Waals surface area contributed by atoms with Gasteiger partial charge in [-0.05, 0) is 12.1 Å². The van der Waals surface area contributed by atoms with Crippen LogP contribution in [0.15, 0.2) is 18.2 Å². The maximum Gasteiger partial charge on any atom is 0.509 e. The van der Waals surface area contributed by atoms with Gasteiger partial charge in [-0.1, -0.05) is 17.7 Å². The standard InChI is InChI=1S/C7H4BClF5O/c9-5-2-1-4(8(12,13)14)3-6(5)15-7(10)11/h1-3,7H/q-1. The Labute approximate surface area is 86.8 Å². The minimum absolute atomic E-state index is 0.292.